The van der Waals surface area contributed by atoms with E-state index < -0.39 is 0 Å². The van der Waals surface area contributed by atoms with Crippen molar-refractivity contribution in [2.24, 2.45) is 5.73 Å². The Morgan fingerprint density at radius 1 is 1.31 bits per heavy atom. The molecule has 1 heterocycles. The molecule has 1 aliphatic carbocycles. The zero-order valence-corrected chi connectivity index (χ0v) is 9.10. The van der Waals surface area contributed by atoms with Crippen LogP contribution in [0.2, 0.25) is 0 Å². The molecule has 0 amide bonds. The highest BCUT2D eigenvalue weighted by Crippen LogP contribution is 2.21. The van der Waals surface area contributed by atoms with Crippen LogP contribution in [0.4, 0.5) is 0 Å². The van der Waals surface area contributed by atoms with Gasteiger partial charge in [0, 0.05) is 12.1 Å². The summed E-state index contributed by atoms with van der Waals surface area (Å²) < 4.78 is 5.73. The second-order valence-corrected chi connectivity index (χ2v) is 4.13. The average molecular weight is 217 g/mol. The Morgan fingerprint density at radius 2 is 2.06 bits per heavy atom. The number of hydrogen-bond donors (Lipinski definition) is 1. The molecule has 0 aliphatic heterocycles. The van der Waals surface area contributed by atoms with Gasteiger partial charge in [-0.3, -0.25) is 0 Å². The lowest BCUT2D eigenvalue weighted by atomic mass is 9.94. The second kappa shape index (κ2) is 4.95. The number of rotatable bonds is 2. The molecule has 1 aliphatic rings. The first-order chi connectivity index (χ1) is 7.78. The van der Waals surface area contributed by atoms with Gasteiger partial charge in [-0.15, -0.1) is 0 Å². The molecule has 4 nitrogen and oxygen atoms in total. The minimum atomic E-state index is 0.196. The third-order valence-electron chi connectivity index (χ3n) is 2.84. The van der Waals surface area contributed by atoms with Crippen LogP contribution in [0.1, 0.15) is 31.4 Å². The van der Waals surface area contributed by atoms with Crippen LogP contribution in [-0.4, -0.2) is 17.1 Å². The number of nitriles is 1. The fraction of sp³-hybridized carbons (Fsp3) is 0.500. The third-order valence-corrected chi connectivity index (χ3v) is 2.84. The lowest BCUT2D eigenvalue weighted by Crippen LogP contribution is -2.31. The molecule has 1 aromatic rings. The van der Waals surface area contributed by atoms with Gasteiger partial charge in [-0.25, -0.2) is 4.98 Å². The summed E-state index contributed by atoms with van der Waals surface area (Å²) >= 11 is 0. The molecule has 1 fully saturated rings. The van der Waals surface area contributed by atoms with E-state index in [1.165, 1.54) is 0 Å². The van der Waals surface area contributed by atoms with Gasteiger partial charge in [0.05, 0.1) is 0 Å². The molecule has 1 aromatic heterocycles. The molecule has 4 heteroatoms. The zero-order valence-electron chi connectivity index (χ0n) is 9.10. The van der Waals surface area contributed by atoms with Crippen LogP contribution in [0, 0.1) is 11.3 Å². The van der Waals surface area contributed by atoms with Crippen molar-refractivity contribution in [3.8, 4) is 11.9 Å². The largest absolute Gasteiger partial charge is 0.474 e. The molecule has 0 bridgehead atoms. The maximum Gasteiger partial charge on any atom is 0.214 e. The standard InChI is InChI=1S/C12H15N3O/c13-8-10-2-1-3-12(15-10)16-11-6-4-9(14)5-7-11/h1-3,9,11H,4-7,14H2. The molecule has 0 saturated heterocycles. The summed E-state index contributed by atoms with van der Waals surface area (Å²) in [6.07, 6.45) is 4.14. The van der Waals surface area contributed by atoms with Gasteiger partial charge in [0.25, 0.3) is 0 Å². The van der Waals surface area contributed by atoms with Crippen molar-refractivity contribution in [3.05, 3.63) is 23.9 Å². The SMILES string of the molecule is N#Cc1cccc(OC2CCC(N)CC2)n1. The molecule has 84 valence electrons. The van der Waals surface area contributed by atoms with Crippen molar-refractivity contribution in [3.63, 3.8) is 0 Å². The van der Waals surface area contributed by atoms with E-state index in [0.717, 1.165) is 25.7 Å². The average Bonchev–Trinajstić information content (AvgIpc) is 2.32. The van der Waals surface area contributed by atoms with Crippen LogP contribution in [0.5, 0.6) is 5.88 Å². The maximum atomic E-state index is 8.72. The summed E-state index contributed by atoms with van der Waals surface area (Å²) in [6.45, 7) is 0. The van der Waals surface area contributed by atoms with Crippen molar-refractivity contribution in [2.75, 3.05) is 0 Å². The van der Waals surface area contributed by atoms with Gasteiger partial charge in [0.2, 0.25) is 5.88 Å². The Kier molecular flexibility index (Phi) is 3.37. The fourth-order valence-corrected chi connectivity index (χ4v) is 1.92. The number of nitrogens with zero attached hydrogens (tertiary/aromatic N) is 2. The maximum absolute atomic E-state index is 8.72. The smallest absolute Gasteiger partial charge is 0.214 e. The molecule has 16 heavy (non-hydrogen) atoms. The van der Waals surface area contributed by atoms with Crippen LogP contribution in [0.15, 0.2) is 18.2 Å². The number of hydrogen-bond acceptors (Lipinski definition) is 4. The van der Waals surface area contributed by atoms with E-state index in [0.29, 0.717) is 17.6 Å². The summed E-state index contributed by atoms with van der Waals surface area (Å²) in [4.78, 5) is 4.09. The Bertz CT molecular complexity index is 391. The monoisotopic (exact) mass is 217 g/mol. The summed E-state index contributed by atoms with van der Waals surface area (Å²) in [5.74, 6) is 0.541. The minimum absolute atomic E-state index is 0.196. The van der Waals surface area contributed by atoms with E-state index in [-0.39, 0.29) is 6.10 Å². The normalized spacial score (nSPS) is 24.8. The van der Waals surface area contributed by atoms with Gasteiger partial charge in [0.15, 0.2) is 0 Å². The molecular formula is C12H15N3O. The first kappa shape index (κ1) is 10.9. The van der Waals surface area contributed by atoms with Crippen molar-refractivity contribution in [2.45, 2.75) is 37.8 Å². The van der Waals surface area contributed by atoms with E-state index in [1.54, 1.807) is 18.2 Å². The molecule has 0 aromatic carbocycles. The number of ether oxygens (including phenoxy) is 1. The molecule has 0 spiro atoms. The van der Waals surface area contributed by atoms with E-state index in [9.17, 15) is 0 Å². The number of nitrogens with two attached hydrogens (primary N) is 1. The molecular weight excluding hydrogens is 202 g/mol. The predicted molar refractivity (Wildman–Crippen MR) is 59.8 cm³/mol. The second-order valence-electron chi connectivity index (χ2n) is 4.13. The van der Waals surface area contributed by atoms with E-state index in [2.05, 4.69) is 4.98 Å². The van der Waals surface area contributed by atoms with Crippen molar-refractivity contribution >= 4 is 0 Å². The first-order valence-electron chi connectivity index (χ1n) is 5.57. The predicted octanol–water partition coefficient (Wildman–Crippen LogP) is 1.60. The minimum Gasteiger partial charge on any atom is -0.474 e. The van der Waals surface area contributed by atoms with Gasteiger partial charge in [-0.1, -0.05) is 6.07 Å². The lowest BCUT2D eigenvalue weighted by molar-refractivity contribution is 0.141. The van der Waals surface area contributed by atoms with Crippen molar-refractivity contribution < 1.29 is 4.74 Å². The van der Waals surface area contributed by atoms with Gasteiger partial charge in [0.1, 0.15) is 17.9 Å². The van der Waals surface area contributed by atoms with Crippen molar-refractivity contribution in [1.82, 2.24) is 4.98 Å². The lowest BCUT2D eigenvalue weighted by Gasteiger charge is -2.26. The van der Waals surface area contributed by atoms with Gasteiger partial charge in [-0.05, 0) is 31.7 Å². The van der Waals surface area contributed by atoms with Crippen LogP contribution < -0.4 is 10.5 Å². The molecule has 0 atom stereocenters. The molecule has 2 N–H and O–H groups in total. The Labute approximate surface area is 95.0 Å². The molecule has 0 radical (unpaired) electrons. The zero-order chi connectivity index (χ0) is 11.4. The highest BCUT2D eigenvalue weighted by Gasteiger charge is 2.20. The summed E-state index contributed by atoms with van der Waals surface area (Å²) in [5.41, 5.74) is 6.22. The van der Waals surface area contributed by atoms with Gasteiger partial charge < -0.3 is 10.5 Å². The molecule has 1 saturated carbocycles. The van der Waals surface area contributed by atoms with Crippen LogP contribution >= 0.6 is 0 Å². The topological polar surface area (TPSA) is 71.9 Å². The summed E-state index contributed by atoms with van der Waals surface area (Å²) in [6, 6.07) is 7.56. The van der Waals surface area contributed by atoms with E-state index in [4.69, 9.17) is 15.7 Å². The van der Waals surface area contributed by atoms with Crippen LogP contribution in [0.3, 0.4) is 0 Å². The van der Waals surface area contributed by atoms with Crippen molar-refractivity contribution in [1.29, 1.82) is 5.26 Å². The number of pyridine rings is 1. The Balaban J connectivity index is 1.96. The Hall–Kier alpha value is -1.60. The van der Waals surface area contributed by atoms with Crippen LogP contribution in [-0.2, 0) is 0 Å². The van der Waals surface area contributed by atoms with E-state index >= 15 is 0 Å². The summed E-state index contributed by atoms with van der Waals surface area (Å²) in [5, 5.41) is 8.72. The molecule has 0 unspecified atom stereocenters. The van der Waals surface area contributed by atoms with E-state index in [1.807, 2.05) is 6.07 Å². The van der Waals surface area contributed by atoms with Crippen LogP contribution in [0.25, 0.3) is 0 Å². The first-order valence-corrected chi connectivity index (χ1v) is 5.57. The Morgan fingerprint density at radius 3 is 2.75 bits per heavy atom. The van der Waals surface area contributed by atoms with Gasteiger partial charge >= 0.3 is 0 Å². The molecule has 2 rings (SSSR count). The summed E-state index contributed by atoms with van der Waals surface area (Å²) in [7, 11) is 0. The highest BCUT2D eigenvalue weighted by atomic mass is 16.5. The quantitative estimate of drug-likeness (QED) is 0.816. The number of aromatic nitrogens is 1. The fourth-order valence-electron chi connectivity index (χ4n) is 1.92. The van der Waals surface area contributed by atoms with Gasteiger partial charge in [-0.2, -0.15) is 5.26 Å². The highest BCUT2D eigenvalue weighted by molar-refractivity contribution is 5.24. The third kappa shape index (κ3) is 2.71.